The van der Waals surface area contributed by atoms with E-state index in [9.17, 15) is 4.39 Å². The molecule has 0 spiro atoms. The van der Waals surface area contributed by atoms with E-state index >= 15 is 0 Å². The third-order valence-corrected chi connectivity index (χ3v) is 3.44. The van der Waals surface area contributed by atoms with Crippen LogP contribution < -0.4 is 0 Å². The molecule has 6 heteroatoms. The fraction of sp³-hybridized carbons (Fsp3) is 0.0833. The smallest absolute Gasteiger partial charge is 0.155 e. The van der Waals surface area contributed by atoms with Crippen LogP contribution in [0.3, 0.4) is 0 Å². The summed E-state index contributed by atoms with van der Waals surface area (Å²) < 4.78 is 14.0. The van der Waals surface area contributed by atoms with Crippen LogP contribution in [0.4, 0.5) is 4.39 Å². The number of aliphatic hydroxyl groups excluding tert-OH is 1. The van der Waals surface area contributed by atoms with Gasteiger partial charge >= 0.3 is 0 Å². The van der Waals surface area contributed by atoms with Crippen molar-refractivity contribution in [2.24, 2.45) is 0 Å². The minimum Gasteiger partial charge on any atom is -0.392 e. The summed E-state index contributed by atoms with van der Waals surface area (Å²) in [5.74, 6) is -0.625. The number of hydrogen-bond donors (Lipinski definition) is 1. The average molecular weight is 307 g/mol. The number of halogens is 4. The molecule has 1 aromatic carbocycles. The number of pyridine rings is 1. The van der Waals surface area contributed by atoms with Gasteiger partial charge in [-0.25, -0.2) is 4.39 Å². The Morgan fingerprint density at radius 3 is 2.44 bits per heavy atom. The maximum Gasteiger partial charge on any atom is 0.155 e. The van der Waals surface area contributed by atoms with Crippen LogP contribution in [-0.4, -0.2) is 10.1 Å². The third kappa shape index (κ3) is 2.45. The van der Waals surface area contributed by atoms with Gasteiger partial charge in [0.25, 0.3) is 0 Å². The van der Waals surface area contributed by atoms with Crippen molar-refractivity contribution in [2.45, 2.75) is 6.61 Å². The van der Waals surface area contributed by atoms with Crippen molar-refractivity contribution in [3.63, 3.8) is 0 Å². The molecule has 94 valence electrons. The molecule has 2 aromatic rings. The van der Waals surface area contributed by atoms with E-state index in [1.807, 2.05) is 0 Å². The molecule has 1 aromatic heterocycles. The highest BCUT2D eigenvalue weighted by Gasteiger charge is 2.15. The molecular weight excluding hydrogens is 299 g/mol. The zero-order valence-electron chi connectivity index (χ0n) is 8.92. The summed E-state index contributed by atoms with van der Waals surface area (Å²) in [4.78, 5) is 3.92. The second kappa shape index (κ2) is 5.41. The van der Waals surface area contributed by atoms with Gasteiger partial charge in [-0.05, 0) is 18.2 Å². The molecule has 0 atom stereocenters. The Kier molecular flexibility index (Phi) is 4.07. The highest BCUT2D eigenvalue weighted by Crippen LogP contribution is 2.35. The van der Waals surface area contributed by atoms with Gasteiger partial charge in [0.15, 0.2) is 5.82 Å². The lowest BCUT2D eigenvalue weighted by Gasteiger charge is -2.09. The Hall–Kier alpha value is -0.870. The summed E-state index contributed by atoms with van der Waals surface area (Å²) in [7, 11) is 0. The predicted octanol–water partition coefficient (Wildman–Crippen LogP) is 4.34. The van der Waals surface area contributed by atoms with E-state index in [0.717, 1.165) is 0 Å². The number of nitrogens with zero attached hydrogens (tertiary/aromatic N) is 1. The Balaban J connectivity index is 2.66. The van der Waals surface area contributed by atoms with E-state index in [0.29, 0.717) is 5.56 Å². The first-order chi connectivity index (χ1) is 8.54. The van der Waals surface area contributed by atoms with E-state index in [4.69, 9.17) is 39.9 Å². The fourth-order valence-electron chi connectivity index (χ4n) is 1.50. The molecule has 2 rings (SSSR count). The van der Waals surface area contributed by atoms with Crippen molar-refractivity contribution >= 4 is 34.8 Å². The molecule has 0 unspecified atom stereocenters. The van der Waals surface area contributed by atoms with Crippen molar-refractivity contribution in [3.8, 4) is 11.3 Å². The minimum absolute atomic E-state index is 0.0325. The molecule has 18 heavy (non-hydrogen) atoms. The summed E-state index contributed by atoms with van der Waals surface area (Å²) in [6.07, 6.45) is 1.39. The van der Waals surface area contributed by atoms with Crippen molar-refractivity contribution in [1.82, 2.24) is 4.98 Å². The zero-order chi connectivity index (χ0) is 13.3. The first-order valence-corrected chi connectivity index (χ1v) is 6.07. The number of aromatic nitrogens is 1. The minimum atomic E-state index is -0.625. The van der Waals surface area contributed by atoms with E-state index in [1.165, 1.54) is 24.4 Å². The van der Waals surface area contributed by atoms with Gasteiger partial charge in [-0.2, -0.15) is 0 Å². The van der Waals surface area contributed by atoms with Crippen LogP contribution in [0.2, 0.25) is 15.1 Å². The van der Waals surface area contributed by atoms with Gasteiger partial charge in [-0.1, -0.05) is 34.8 Å². The normalized spacial score (nSPS) is 10.7. The van der Waals surface area contributed by atoms with Crippen molar-refractivity contribution in [2.75, 3.05) is 0 Å². The molecule has 2 nitrogen and oxygen atoms in total. The van der Waals surface area contributed by atoms with Crippen molar-refractivity contribution in [3.05, 3.63) is 50.8 Å². The molecule has 1 heterocycles. The summed E-state index contributed by atoms with van der Waals surface area (Å²) in [6.45, 7) is -0.416. The van der Waals surface area contributed by atoms with E-state index in [-0.39, 0.29) is 26.3 Å². The van der Waals surface area contributed by atoms with Gasteiger partial charge < -0.3 is 5.11 Å². The quantitative estimate of drug-likeness (QED) is 0.837. The van der Waals surface area contributed by atoms with E-state index < -0.39 is 12.4 Å². The van der Waals surface area contributed by atoms with Crippen LogP contribution in [-0.2, 0) is 6.61 Å². The Morgan fingerprint density at radius 1 is 1.11 bits per heavy atom. The Morgan fingerprint density at radius 2 is 1.78 bits per heavy atom. The van der Waals surface area contributed by atoms with E-state index in [1.54, 1.807) is 0 Å². The lowest BCUT2D eigenvalue weighted by atomic mass is 10.1. The first-order valence-electron chi connectivity index (χ1n) is 4.93. The van der Waals surface area contributed by atoms with Crippen LogP contribution >= 0.6 is 34.8 Å². The molecule has 0 fully saturated rings. The molecule has 0 amide bonds. The molecule has 1 N–H and O–H groups in total. The van der Waals surface area contributed by atoms with Gasteiger partial charge in [-0.15, -0.1) is 0 Å². The largest absolute Gasteiger partial charge is 0.392 e. The van der Waals surface area contributed by atoms with Crippen LogP contribution in [0.25, 0.3) is 11.3 Å². The van der Waals surface area contributed by atoms with Gasteiger partial charge in [0.2, 0.25) is 0 Å². The van der Waals surface area contributed by atoms with Crippen LogP contribution in [0.5, 0.6) is 0 Å². The monoisotopic (exact) mass is 305 g/mol. The standard InChI is InChI=1S/C12H7Cl3FNO/c13-8-4-10(15)9(14)3-7(8)12-11(16)6(5-18)1-2-17-12/h1-4,18H,5H2. The summed E-state index contributed by atoms with van der Waals surface area (Å²) in [5, 5.41) is 9.79. The van der Waals surface area contributed by atoms with Crippen LogP contribution in [0.1, 0.15) is 5.56 Å². The first kappa shape index (κ1) is 13.6. The van der Waals surface area contributed by atoms with Crippen LogP contribution in [0, 0.1) is 5.82 Å². The van der Waals surface area contributed by atoms with E-state index in [2.05, 4.69) is 4.98 Å². The molecule has 0 radical (unpaired) electrons. The highest BCUT2D eigenvalue weighted by molar-refractivity contribution is 6.44. The molecular formula is C12H7Cl3FNO. The lowest BCUT2D eigenvalue weighted by Crippen LogP contribution is -1.96. The maximum atomic E-state index is 14.0. The predicted molar refractivity (Wildman–Crippen MR) is 70.6 cm³/mol. The van der Waals surface area contributed by atoms with Gasteiger partial charge in [0.1, 0.15) is 5.69 Å². The van der Waals surface area contributed by atoms with Crippen molar-refractivity contribution < 1.29 is 9.50 Å². The summed E-state index contributed by atoms with van der Waals surface area (Å²) in [5.41, 5.74) is 0.506. The number of hydrogen-bond acceptors (Lipinski definition) is 2. The Labute approximate surface area is 118 Å². The zero-order valence-corrected chi connectivity index (χ0v) is 11.2. The highest BCUT2D eigenvalue weighted by atomic mass is 35.5. The van der Waals surface area contributed by atoms with Crippen LogP contribution in [0.15, 0.2) is 24.4 Å². The number of rotatable bonds is 2. The molecule has 0 bridgehead atoms. The maximum absolute atomic E-state index is 14.0. The summed E-state index contributed by atoms with van der Waals surface area (Å²) >= 11 is 17.7. The molecule has 0 saturated heterocycles. The number of aliphatic hydroxyl groups is 1. The van der Waals surface area contributed by atoms with Gasteiger partial charge in [0, 0.05) is 17.3 Å². The third-order valence-electron chi connectivity index (χ3n) is 2.40. The lowest BCUT2D eigenvalue weighted by molar-refractivity contribution is 0.275. The summed E-state index contributed by atoms with van der Waals surface area (Å²) in [6, 6.07) is 4.26. The fourth-order valence-corrected chi connectivity index (χ4v) is 2.13. The van der Waals surface area contributed by atoms with Gasteiger partial charge in [-0.3, -0.25) is 4.98 Å². The second-order valence-electron chi connectivity index (χ2n) is 3.54. The van der Waals surface area contributed by atoms with Gasteiger partial charge in [0.05, 0.1) is 21.7 Å². The molecule has 0 aliphatic carbocycles. The number of benzene rings is 1. The Bertz CT molecular complexity index is 604. The average Bonchev–Trinajstić information content (AvgIpc) is 2.34. The second-order valence-corrected chi connectivity index (χ2v) is 4.76. The SMILES string of the molecule is OCc1ccnc(-c2cc(Cl)c(Cl)cc2Cl)c1F. The molecule has 0 saturated carbocycles. The molecule has 0 aliphatic heterocycles. The topological polar surface area (TPSA) is 33.1 Å². The van der Waals surface area contributed by atoms with Crippen molar-refractivity contribution in [1.29, 1.82) is 0 Å². The molecule has 0 aliphatic rings.